The molecule has 5 fully saturated rings. The maximum atomic E-state index is 14.4. The maximum absolute atomic E-state index is 14.4. The molecule has 232 valence electrons. The quantitative estimate of drug-likeness (QED) is 0.420. The predicted octanol–water partition coefficient (Wildman–Crippen LogP) is 3.19. The van der Waals surface area contributed by atoms with E-state index in [0.29, 0.717) is 44.8 Å². The van der Waals surface area contributed by atoms with Gasteiger partial charge in [-0.05, 0) is 65.4 Å². The summed E-state index contributed by atoms with van der Waals surface area (Å²) in [5, 5.41) is 12.9. The molecule has 12 nitrogen and oxygen atoms in total. The second-order valence-corrected chi connectivity index (χ2v) is 13.6. The summed E-state index contributed by atoms with van der Waals surface area (Å²) in [7, 11) is 1.44. The van der Waals surface area contributed by atoms with Crippen LogP contribution in [0.2, 0.25) is 0 Å². The summed E-state index contributed by atoms with van der Waals surface area (Å²) in [5.41, 5.74) is -0.652. The summed E-state index contributed by atoms with van der Waals surface area (Å²) in [6.45, 7) is 7.37. The molecule has 0 aromatic carbocycles. The second-order valence-electron chi connectivity index (χ2n) is 13.6. The molecule has 3 aliphatic heterocycles. The largest absolute Gasteiger partial charge is 0.481 e. The Kier molecular flexibility index (Phi) is 7.14. The minimum atomic E-state index is -0.562. The van der Waals surface area contributed by atoms with Crippen molar-refractivity contribution in [3.05, 3.63) is 29.8 Å². The van der Waals surface area contributed by atoms with Crippen LogP contribution >= 0.6 is 0 Å². The van der Waals surface area contributed by atoms with Crippen molar-refractivity contribution in [3.63, 3.8) is 0 Å². The summed E-state index contributed by atoms with van der Waals surface area (Å²) in [6, 6.07) is 2.99. The first-order valence-electron chi connectivity index (χ1n) is 14.8. The topological polar surface area (TPSA) is 148 Å². The van der Waals surface area contributed by atoms with E-state index < -0.39 is 23.1 Å². The van der Waals surface area contributed by atoms with Gasteiger partial charge in [0, 0.05) is 48.1 Å². The maximum Gasteiger partial charge on any atom is 0.407 e. The molecule has 5 heterocycles. The predicted molar refractivity (Wildman–Crippen MR) is 152 cm³/mol. The molecule has 3 saturated heterocycles. The number of halogens is 1. The molecule has 13 heteroatoms. The smallest absolute Gasteiger partial charge is 0.407 e. The van der Waals surface area contributed by atoms with Crippen molar-refractivity contribution in [2.24, 2.45) is 11.3 Å². The molecule has 0 radical (unpaired) electrons. The van der Waals surface area contributed by atoms with Gasteiger partial charge in [0.15, 0.2) is 11.5 Å². The SMILES string of the molecule is COc1cc(-c2cc(C(=O)N3CC[C@H](C(=O)NCC45COC(CNC(=O)OC(C)(C)C)(C4)C5)CC34CC4)n[nH]2)c(F)cn1. The third-order valence-electron chi connectivity index (χ3n) is 9.14. The summed E-state index contributed by atoms with van der Waals surface area (Å²) in [4.78, 5) is 44.5. The van der Waals surface area contributed by atoms with E-state index in [-0.39, 0.29) is 45.8 Å². The molecular weight excluding hydrogens is 559 g/mol. The lowest BCUT2D eigenvalue weighted by Crippen LogP contribution is -2.56. The van der Waals surface area contributed by atoms with Gasteiger partial charge in [-0.15, -0.1) is 0 Å². The fourth-order valence-corrected chi connectivity index (χ4v) is 6.94. The zero-order valence-corrected chi connectivity index (χ0v) is 25.0. The van der Waals surface area contributed by atoms with E-state index in [4.69, 9.17) is 14.2 Å². The monoisotopic (exact) mass is 598 g/mol. The zero-order valence-electron chi connectivity index (χ0n) is 25.0. The van der Waals surface area contributed by atoms with Crippen molar-refractivity contribution >= 4 is 17.9 Å². The number of aromatic amines is 1. The van der Waals surface area contributed by atoms with Crippen LogP contribution in [0.3, 0.4) is 0 Å². The zero-order chi connectivity index (χ0) is 30.6. The number of aromatic nitrogens is 3. The van der Waals surface area contributed by atoms with E-state index >= 15 is 0 Å². The number of nitrogens with one attached hydrogen (secondary N) is 3. The summed E-state index contributed by atoms with van der Waals surface area (Å²) in [5.74, 6) is -0.705. The first-order chi connectivity index (χ1) is 20.3. The number of hydrogen-bond acceptors (Lipinski definition) is 8. The Morgan fingerprint density at radius 3 is 2.65 bits per heavy atom. The average Bonchev–Trinajstić information content (AvgIpc) is 3.29. The number of piperidine rings is 1. The number of fused-ring (bicyclic) bond motifs is 1. The Hall–Kier alpha value is -3.74. The van der Waals surface area contributed by atoms with Crippen LogP contribution in [0.4, 0.5) is 9.18 Å². The van der Waals surface area contributed by atoms with Gasteiger partial charge in [-0.1, -0.05) is 0 Å². The van der Waals surface area contributed by atoms with Crippen molar-refractivity contribution in [2.45, 2.75) is 76.0 Å². The molecule has 0 unspecified atom stereocenters. The van der Waals surface area contributed by atoms with E-state index in [1.165, 1.54) is 13.2 Å². The van der Waals surface area contributed by atoms with E-state index in [2.05, 4.69) is 25.8 Å². The van der Waals surface area contributed by atoms with Gasteiger partial charge in [-0.25, -0.2) is 14.2 Å². The molecule has 2 aromatic rings. The van der Waals surface area contributed by atoms with E-state index in [0.717, 1.165) is 31.9 Å². The molecule has 2 bridgehead atoms. The van der Waals surface area contributed by atoms with Crippen LogP contribution in [0.25, 0.3) is 11.3 Å². The highest BCUT2D eigenvalue weighted by Crippen LogP contribution is 2.57. The Balaban J connectivity index is 1.00. The molecule has 1 spiro atoms. The number of pyridine rings is 1. The van der Waals surface area contributed by atoms with E-state index in [1.54, 1.807) is 6.07 Å². The Morgan fingerprint density at radius 1 is 1.19 bits per heavy atom. The Labute approximate surface area is 249 Å². The van der Waals surface area contributed by atoms with Crippen LogP contribution in [0.15, 0.2) is 18.3 Å². The van der Waals surface area contributed by atoms with Crippen molar-refractivity contribution < 1.29 is 33.0 Å². The number of likely N-dealkylation sites (tertiary alicyclic amines) is 1. The van der Waals surface area contributed by atoms with Crippen LogP contribution in [0.5, 0.6) is 5.88 Å². The standard InChI is InChI=1S/C30H39FN6O6/c1-27(2,3)43-26(40)34-16-30-13-28(14-30,17-42-30)15-33-24(38)18-5-8-37(29(11-18)6-7-29)25(39)22-10-21(35-36-22)19-9-23(41-4)32-12-20(19)31/h9-10,12,18H,5-8,11,13-17H2,1-4H3,(H,33,38)(H,34,40)(H,35,36)/t18-,28?,30?/m0/s1. The number of carbonyl (C=O) groups excluding carboxylic acids is 3. The fourth-order valence-electron chi connectivity index (χ4n) is 6.94. The third kappa shape index (κ3) is 5.78. The van der Waals surface area contributed by atoms with Crippen molar-refractivity contribution in [3.8, 4) is 17.1 Å². The van der Waals surface area contributed by atoms with Crippen LogP contribution < -0.4 is 15.4 Å². The number of ether oxygens (including phenoxy) is 3. The average molecular weight is 599 g/mol. The van der Waals surface area contributed by atoms with Gasteiger partial charge in [0.1, 0.15) is 5.60 Å². The molecule has 2 saturated carbocycles. The molecule has 2 aromatic heterocycles. The van der Waals surface area contributed by atoms with Gasteiger partial charge in [0.25, 0.3) is 5.91 Å². The van der Waals surface area contributed by atoms with Crippen molar-refractivity contribution in [2.75, 3.05) is 33.4 Å². The third-order valence-corrected chi connectivity index (χ3v) is 9.14. The first kappa shape index (κ1) is 29.3. The number of alkyl carbamates (subject to hydrolysis) is 1. The molecule has 7 rings (SSSR count). The lowest BCUT2D eigenvalue weighted by atomic mass is 9.62. The molecular formula is C30H39FN6O6. The first-order valence-corrected chi connectivity index (χ1v) is 14.8. The number of methoxy groups -OCH3 is 1. The molecule has 5 aliphatic rings. The number of carbonyl (C=O) groups is 3. The van der Waals surface area contributed by atoms with Gasteiger partial charge in [0.05, 0.1) is 31.2 Å². The van der Waals surface area contributed by atoms with Crippen molar-refractivity contribution in [1.82, 2.24) is 30.7 Å². The van der Waals surface area contributed by atoms with Crippen molar-refractivity contribution in [1.29, 1.82) is 0 Å². The second kappa shape index (κ2) is 10.5. The lowest BCUT2D eigenvalue weighted by Gasteiger charge is -2.45. The molecule has 1 atom stereocenters. The lowest BCUT2D eigenvalue weighted by molar-refractivity contribution is -0.128. The normalized spacial score (nSPS) is 26.9. The van der Waals surface area contributed by atoms with Gasteiger partial charge >= 0.3 is 6.09 Å². The molecule has 43 heavy (non-hydrogen) atoms. The molecule has 3 amide bonds. The molecule has 2 aliphatic carbocycles. The number of rotatable bonds is 8. The minimum absolute atomic E-state index is 0.00759. The summed E-state index contributed by atoms with van der Waals surface area (Å²) < 4.78 is 30.9. The Bertz CT molecular complexity index is 1430. The van der Waals surface area contributed by atoms with Crippen LogP contribution in [-0.2, 0) is 14.3 Å². The fraction of sp³-hybridized carbons (Fsp3) is 0.633. The minimum Gasteiger partial charge on any atom is -0.481 e. The van der Waals surface area contributed by atoms with Gasteiger partial charge in [0.2, 0.25) is 11.8 Å². The van der Waals surface area contributed by atoms with Gasteiger partial charge in [-0.3, -0.25) is 14.7 Å². The summed E-state index contributed by atoms with van der Waals surface area (Å²) in [6.07, 6.45) is 4.98. The van der Waals surface area contributed by atoms with Gasteiger partial charge < -0.3 is 29.7 Å². The number of H-pyrrole nitrogens is 1. The van der Waals surface area contributed by atoms with E-state index in [1.807, 2.05) is 25.7 Å². The van der Waals surface area contributed by atoms with Gasteiger partial charge in [-0.2, -0.15) is 5.10 Å². The number of nitrogens with zero attached hydrogens (tertiary/aromatic N) is 3. The van der Waals surface area contributed by atoms with Crippen LogP contribution in [0.1, 0.15) is 69.8 Å². The highest BCUT2D eigenvalue weighted by Gasteiger charge is 2.62. The highest BCUT2D eigenvalue weighted by molar-refractivity contribution is 5.94. The number of hydrogen-bond donors (Lipinski definition) is 3. The number of amides is 3. The van der Waals surface area contributed by atoms with Crippen LogP contribution in [0, 0.1) is 17.2 Å². The van der Waals surface area contributed by atoms with E-state index in [9.17, 15) is 18.8 Å². The Morgan fingerprint density at radius 2 is 1.95 bits per heavy atom. The summed E-state index contributed by atoms with van der Waals surface area (Å²) >= 11 is 0. The van der Waals surface area contributed by atoms with Crippen LogP contribution in [-0.4, -0.2) is 88.1 Å². The highest BCUT2D eigenvalue weighted by atomic mass is 19.1. The molecule has 3 N–H and O–H groups in total.